The minimum absolute atomic E-state index is 0.0425. The van der Waals surface area contributed by atoms with Gasteiger partial charge in [0.15, 0.2) is 0 Å². The number of anilines is 4. The Kier molecular flexibility index (Phi) is 20.2. The van der Waals surface area contributed by atoms with Crippen LogP contribution in [0.2, 0.25) is 5.02 Å². The summed E-state index contributed by atoms with van der Waals surface area (Å²) in [6.07, 6.45) is 9.52. The third kappa shape index (κ3) is 14.6. The first-order valence-electron chi connectivity index (χ1n) is 26.6. The van der Waals surface area contributed by atoms with Crippen molar-refractivity contribution >= 4 is 79.9 Å². The molecule has 0 radical (unpaired) electrons. The number of carbonyl (C=O) groups excluding carboxylic acids is 2. The Morgan fingerprint density at radius 3 is 1.58 bits per heavy atom. The first-order chi connectivity index (χ1) is 40.3. The second-order valence-electron chi connectivity index (χ2n) is 18.9. The molecule has 4 aromatic carbocycles. The zero-order chi connectivity index (χ0) is 58.8. The van der Waals surface area contributed by atoms with Crippen LogP contribution in [0.5, 0.6) is 0 Å². The molecule has 2 fully saturated rings. The summed E-state index contributed by atoms with van der Waals surface area (Å²) in [6, 6.07) is 32.6. The number of benzene rings is 4. The third-order valence-corrected chi connectivity index (χ3v) is 13.8. The zero-order valence-electron chi connectivity index (χ0n) is 45.7. The SMILES string of the molecule is C#CCCC(=O)N1CCOCC1.[C-]#[N+]c1cnc(N)nc1N[C@@H](C)c1cc2cccc(C#CCCC(=O)N3CCOCC3)c2c(=O)n1-c1ccccc1.[C-]#[N+]c1cnc(N)nc1N[C@@H](C)c1cc2cccc(Cl)c2c(=O)n1-c1ccccc1. The summed E-state index contributed by atoms with van der Waals surface area (Å²) < 4.78 is 13.7. The molecule has 420 valence electrons. The number of fused-ring (bicyclic) bond motifs is 2. The van der Waals surface area contributed by atoms with E-state index in [9.17, 15) is 19.2 Å². The van der Waals surface area contributed by atoms with Crippen molar-refractivity contribution in [1.29, 1.82) is 0 Å². The van der Waals surface area contributed by atoms with Crippen molar-refractivity contribution in [2.75, 3.05) is 74.7 Å². The van der Waals surface area contributed by atoms with E-state index in [4.69, 9.17) is 52.1 Å². The molecule has 6 N–H and O–H groups in total. The third-order valence-electron chi connectivity index (χ3n) is 13.4. The average Bonchev–Trinajstić information content (AvgIpc) is 3.70. The molecule has 0 unspecified atom stereocenters. The van der Waals surface area contributed by atoms with Crippen LogP contribution < -0.4 is 33.2 Å². The molecule has 2 saturated heterocycles. The highest BCUT2D eigenvalue weighted by atomic mass is 35.5. The Hall–Kier alpha value is -10.1. The number of nitrogens with two attached hydrogens (primary N) is 2. The fourth-order valence-electron chi connectivity index (χ4n) is 9.31. The summed E-state index contributed by atoms with van der Waals surface area (Å²) in [5, 5.41) is 9.24. The number of morpholine rings is 2. The van der Waals surface area contributed by atoms with Gasteiger partial charge in [-0.15, -0.1) is 12.3 Å². The highest BCUT2D eigenvalue weighted by molar-refractivity contribution is 6.35. The van der Waals surface area contributed by atoms with Gasteiger partial charge in [-0.05, 0) is 73.2 Å². The molecule has 2 aliphatic rings. The predicted molar refractivity (Wildman–Crippen MR) is 323 cm³/mol. The molecule has 0 aliphatic carbocycles. The van der Waals surface area contributed by atoms with E-state index < -0.39 is 6.04 Å². The summed E-state index contributed by atoms with van der Waals surface area (Å²) in [6.45, 7) is 23.6. The Bertz CT molecular complexity index is 3960. The quantitative estimate of drug-likeness (QED) is 0.0659. The number of carbonyl (C=O) groups is 2. The number of rotatable bonds is 12. The lowest BCUT2D eigenvalue weighted by atomic mass is 10.0. The number of nitrogen functional groups attached to an aromatic ring is 2. The van der Waals surface area contributed by atoms with Gasteiger partial charge in [-0.3, -0.25) is 28.3 Å². The normalized spacial score (nSPS) is 13.4. The predicted octanol–water partition coefficient (Wildman–Crippen LogP) is 9.08. The fraction of sp³-hybridized carbons (Fsp3) is 0.258. The van der Waals surface area contributed by atoms with Gasteiger partial charge in [-0.25, -0.2) is 29.6 Å². The Labute approximate surface area is 484 Å². The van der Waals surface area contributed by atoms with Gasteiger partial charge in [0.2, 0.25) is 35.1 Å². The molecule has 0 bridgehead atoms. The number of amides is 2. The molecule has 6 heterocycles. The van der Waals surface area contributed by atoms with Gasteiger partial charge < -0.3 is 41.4 Å². The Morgan fingerprint density at radius 2 is 1.11 bits per heavy atom. The number of terminal acetylenes is 1. The van der Waals surface area contributed by atoms with Crippen LogP contribution in [0, 0.1) is 37.3 Å². The first-order valence-corrected chi connectivity index (χ1v) is 27.0. The maximum atomic E-state index is 14.2. The largest absolute Gasteiger partial charge is 0.378 e. The highest BCUT2D eigenvalue weighted by Gasteiger charge is 2.23. The van der Waals surface area contributed by atoms with Crippen molar-refractivity contribution in [1.82, 2.24) is 38.9 Å². The molecule has 0 spiro atoms. The lowest BCUT2D eigenvalue weighted by Crippen LogP contribution is -2.40. The summed E-state index contributed by atoms with van der Waals surface area (Å²) in [7, 11) is 0. The molecule has 21 heteroatoms. The van der Waals surface area contributed by atoms with E-state index in [0.29, 0.717) is 134 Å². The summed E-state index contributed by atoms with van der Waals surface area (Å²) in [4.78, 5) is 78.1. The van der Waals surface area contributed by atoms with Crippen molar-refractivity contribution in [2.45, 2.75) is 51.6 Å². The van der Waals surface area contributed by atoms with Crippen molar-refractivity contribution in [3.05, 3.63) is 187 Å². The maximum Gasteiger partial charge on any atom is 0.264 e. The highest BCUT2D eigenvalue weighted by Crippen LogP contribution is 2.32. The van der Waals surface area contributed by atoms with Gasteiger partial charge >= 0.3 is 0 Å². The van der Waals surface area contributed by atoms with Crippen LogP contribution in [0.4, 0.5) is 34.9 Å². The lowest BCUT2D eigenvalue weighted by Gasteiger charge is -2.26. The number of pyridine rings is 2. The van der Waals surface area contributed by atoms with Crippen LogP contribution in [-0.4, -0.2) is 103 Å². The summed E-state index contributed by atoms with van der Waals surface area (Å²) in [5.74, 6) is 9.60. The molecule has 83 heavy (non-hydrogen) atoms. The minimum atomic E-state index is -0.428. The number of hydrogen-bond acceptors (Lipinski definition) is 14. The van der Waals surface area contributed by atoms with E-state index in [1.807, 2.05) is 111 Å². The minimum Gasteiger partial charge on any atom is -0.378 e. The fourth-order valence-corrected chi connectivity index (χ4v) is 9.57. The number of nitrogens with one attached hydrogen (secondary N) is 2. The molecule has 2 aliphatic heterocycles. The number of halogens is 1. The molecular formula is C62H59ClN14O6. The molecule has 10 rings (SSSR count). The van der Waals surface area contributed by atoms with E-state index >= 15 is 0 Å². The van der Waals surface area contributed by atoms with E-state index in [-0.39, 0.29) is 52.2 Å². The molecule has 2 amide bonds. The van der Waals surface area contributed by atoms with Gasteiger partial charge in [-0.1, -0.05) is 84.1 Å². The number of nitrogens with zero attached hydrogens (tertiary/aromatic N) is 10. The first kappa shape index (κ1) is 59.0. The number of aromatic nitrogens is 6. The Balaban J connectivity index is 0.000000186. The van der Waals surface area contributed by atoms with Crippen LogP contribution in [0.15, 0.2) is 131 Å². The van der Waals surface area contributed by atoms with Crippen LogP contribution in [0.25, 0.3) is 42.6 Å². The average molecular weight is 1130 g/mol. The van der Waals surface area contributed by atoms with Gasteiger partial charge in [-0.2, -0.15) is 0 Å². The molecule has 4 aromatic heterocycles. The van der Waals surface area contributed by atoms with Crippen LogP contribution in [-0.2, 0) is 19.1 Å². The number of para-hydroxylation sites is 2. The smallest absolute Gasteiger partial charge is 0.264 e. The van der Waals surface area contributed by atoms with E-state index in [1.165, 1.54) is 12.4 Å². The second-order valence-corrected chi connectivity index (χ2v) is 19.3. The van der Waals surface area contributed by atoms with Gasteiger partial charge in [0.25, 0.3) is 11.1 Å². The van der Waals surface area contributed by atoms with Crippen molar-refractivity contribution in [2.24, 2.45) is 0 Å². The number of ether oxygens (including phenoxy) is 2. The molecule has 2 atom stereocenters. The lowest BCUT2D eigenvalue weighted by molar-refractivity contribution is -0.135. The maximum absolute atomic E-state index is 14.2. The van der Waals surface area contributed by atoms with Crippen LogP contribution in [0.3, 0.4) is 0 Å². The molecule has 20 nitrogen and oxygen atoms in total. The molecular weight excluding hydrogens is 1070 g/mol. The Morgan fingerprint density at radius 1 is 0.663 bits per heavy atom. The second kappa shape index (κ2) is 28.4. The van der Waals surface area contributed by atoms with E-state index in [0.717, 1.165) is 10.8 Å². The van der Waals surface area contributed by atoms with Crippen LogP contribution in [0.1, 0.15) is 68.6 Å². The molecule has 0 saturated carbocycles. The summed E-state index contributed by atoms with van der Waals surface area (Å²) >= 11 is 6.35. The van der Waals surface area contributed by atoms with Crippen molar-refractivity contribution in [3.8, 4) is 35.6 Å². The van der Waals surface area contributed by atoms with Crippen LogP contribution >= 0.6 is 11.6 Å². The van der Waals surface area contributed by atoms with Gasteiger partial charge in [0, 0.05) is 92.6 Å². The topological polar surface area (TPSA) is 239 Å². The van der Waals surface area contributed by atoms with Crippen molar-refractivity contribution in [3.63, 3.8) is 0 Å². The van der Waals surface area contributed by atoms with E-state index in [1.54, 1.807) is 31.1 Å². The van der Waals surface area contributed by atoms with Crippen molar-refractivity contribution < 1.29 is 19.1 Å². The molecule has 8 aromatic rings. The van der Waals surface area contributed by atoms with E-state index in [2.05, 4.69) is 58.0 Å². The monoisotopic (exact) mass is 1130 g/mol. The number of hydrogen-bond donors (Lipinski definition) is 4. The van der Waals surface area contributed by atoms with Gasteiger partial charge in [0.05, 0.1) is 67.5 Å². The standard InChI is InChI=1S/C31H29N7O3.C22H17ClN6O.C9H13NO2/c1-21(35-29-25(33-2)20-34-31(32)36-29)26-19-23-11-8-10-22(9-6-7-14-27(39)37-15-17-41-18-16-37)28(23)30(40)38(26)24-12-4-3-5-13-24;1-13(27-20-17(25-2)12-26-22(24)28-20)18-11-14-7-6-10-16(23)19(14)21(30)29(18)15-8-4-3-5-9-15;1-2-3-4-9(11)10-5-7-12-8-6-10/h3-5,8,10-13,19-21H,7,14-18H2,1H3,(H3,32,34,35,36);3-13H,1H3,(H3,24,26,27,28);1H,3-8H2/t21-;13-;/m00./s1. The summed E-state index contributed by atoms with van der Waals surface area (Å²) in [5.41, 5.74) is 14.9. The zero-order valence-corrected chi connectivity index (χ0v) is 46.5. The van der Waals surface area contributed by atoms with Gasteiger partial charge in [0.1, 0.15) is 11.6 Å².